The summed E-state index contributed by atoms with van der Waals surface area (Å²) in [5.74, 6) is -0.666. The minimum atomic E-state index is -3.63. The normalized spacial score (nSPS) is 22.6. The summed E-state index contributed by atoms with van der Waals surface area (Å²) in [7, 11) is -3.63. The standard InChI is InChI=1S/C12H16ClNO4S/c1-12(2)17-8-9(18-12)7-14-19(15,16)11-6-4-3-5-10(11)13/h3-6,9,14H,7-8H2,1-2H3. The van der Waals surface area contributed by atoms with Crippen LogP contribution in [0, 0.1) is 0 Å². The number of sulfonamides is 1. The lowest BCUT2D eigenvalue weighted by atomic mass is 10.4. The molecule has 1 heterocycles. The van der Waals surface area contributed by atoms with Crippen LogP contribution < -0.4 is 4.72 Å². The van der Waals surface area contributed by atoms with Crippen molar-refractivity contribution in [3.05, 3.63) is 29.3 Å². The number of ether oxygens (including phenoxy) is 2. The zero-order valence-electron chi connectivity index (χ0n) is 10.7. The molecule has 1 fully saturated rings. The fourth-order valence-corrected chi connectivity index (χ4v) is 3.39. The van der Waals surface area contributed by atoms with E-state index >= 15 is 0 Å². The van der Waals surface area contributed by atoms with Gasteiger partial charge in [-0.25, -0.2) is 13.1 Å². The Balaban J connectivity index is 2.02. The summed E-state index contributed by atoms with van der Waals surface area (Å²) in [5.41, 5.74) is 0. The van der Waals surface area contributed by atoms with Gasteiger partial charge in [0.25, 0.3) is 0 Å². The first kappa shape index (κ1) is 14.7. The number of nitrogens with one attached hydrogen (secondary N) is 1. The van der Waals surface area contributed by atoms with Crippen molar-refractivity contribution in [2.45, 2.75) is 30.6 Å². The highest BCUT2D eigenvalue weighted by molar-refractivity contribution is 7.89. The maximum Gasteiger partial charge on any atom is 0.242 e. The quantitative estimate of drug-likeness (QED) is 0.921. The maximum absolute atomic E-state index is 12.1. The number of hydrogen-bond acceptors (Lipinski definition) is 4. The molecule has 1 atom stereocenters. The van der Waals surface area contributed by atoms with E-state index in [1.54, 1.807) is 26.0 Å². The van der Waals surface area contributed by atoms with Crippen LogP contribution in [0.5, 0.6) is 0 Å². The Morgan fingerprint density at radius 1 is 1.42 bits per heavy atom. The molecule has 0 bridgehead atoms. The van der Waals surface area contributed by atoms with Crippen molar-refractivity contribution in [2.75, 3.05) is 13.2 Å². The molecule has 0 aliphatic carbocycles. The molecule has 0 saturated carbocycles. The largest absolute Gasteiger partial charge is 0.348 e. The molecule has 0 aromatic heterocycles. The van der Waals surface area contributed by atoms with Crippen molar-refractivity contribution in [2.24, 2.45) is 0 Å². The van der Waals surface area contributed by atoms with E-state index in [4.69, 9.17) is 21.1 Å². The van der Waals surface area contributed by atoms with Gasteiger partial charge in [-0.15, -0.1) is 0 Å². The Morgan fingerprint density at radius 3 is 2.68 bits per heavy atom. The Hall–Kier alpha value is -0.660. The molecule has 5 nitrogen and oxygen atoms in total. The SMILES string of the molecule is CC1(C)OCC(CNS(=O)(=O)c2ccccc2Cl)O1. The second-order valence-electron chi connectivity index (χ2n) is 4.73. The fourth-order valence-electron chi connectivity index (χ4n) is 1.81. The highest BCUT2D eigenvalue weighted by Crippen LogP contribution is 2.23. The molecule has 7 heteroatoms. The minimum absolute atomic E-state index is 0.0647. The van der Waals surface area contributed by atoms with Crippen LogP contribution in [0.15, 0.2) is 29.2 Å². The number of hydrogen-bond donors (Lipinski definition) is 1. The van der Waals surface area contributed by atoms with Gasteiger partial charge in [-0.3, -0.25) is 0 Å². The molecule has 1 aliphatic heterocycles. The molecule has 106 valence electrons. The van der Waals surface area contributed by atoms with Gasteiger partial charge in [0.2, 0.25) is 10.0 Å². The van der Waals surface area contributed by atoms with Gasteiger partial charge in [0, 0.05) is 6.54 Å². The zero-order valence-corrected chi connectivity index (χ0v) is 12.3. The van der Waals surface area contributed by atoms with E-state index < -0.39 is 15.8 Å². The number of halogens is 1. The average Bonchev–Trinajstić information content (AvgIpc) is 2.67. The van der Waals surface area contributed by atoms with Gasteiger partial charge in [-0.1, -0.05) is 23.7 Å². The van der Waals surface area contributed by atoms with Gasteiger partial charge in [0.15, 0.2) is 5.79 Å². The van der Waals surface area contributed by atoms with Gasteiger partial charge in [-0.2, -0.15) is 0 Å². The lowest BCUT2D eigenvalue weighted by Gasteiger charge is -2.17. The van der Waals surface area contributed by atoms with Gasteiger partial charge >= 0.3 is 0 Å². The molecule has 19 heavy (non-hydrogen) atoms. The Kier molecular flexibility index (Phi) is 4.17. The van der Waals surface area contributed by atoms with Crippen molar-refractivity contribution in [3.63, 3.8) is 0 Å². The van der Waals surface area contributed by atoms with Gasteiger partial charge in [0.05, 0.1) is 17.7 Å². The van der Waals surface area contributed by atoms with Crippen LogP contribution in [0.25, 0.3) is 0 Å². The summed E-state index contributed by atoms with van der Waals surface area (Å²) in [6.45, 7) is 4.08. The first-order valence-electron chi connectivity index (χ1n) is 5.86. The molecule has 1 saturated heterocycles. The monoisotopic (exact) mass is 305 g/mol. The molecular formula is C12H16ClNO4S. The molecule has 1 aromatic rings. The number of rotatable bonds is 4. The molecule has 0 radical (unpaired) electrons. The summed E-state index contributed by atoms with van der Waals surface area (Å²) in [6, 6.07) is 6.30. The van der Waals surface area contributed by atoms with E-state index in [9.17, 15) is 8.42 Å². The maximum atomic E-state index is 12.1. The van der Waals surface area contributed by atoms with Crippen LogP contribution in [0.2, 0.25) is 5.02 Å². The first-order valence-corrected chi connectivity index (χ1v) is 7.72. The van der Waals surface area contributed by atoms with Crippen molar-refractivity contribution in [3.8, 4) is 0 Å². The molecule has 0 spiro atoms. The lowest BCUT2D eigenvalue weighted by Crippen LogP contribution is -2.34. The van der Waals surface area contributed by atoms with E-state index in [2.05, 4.69) is 4.72 Å². The molecule has 0 amide bonds. The van der Waals surface area contributed by atoms with E-state index in [-0.39, 0.29) is 22.6 Å². The van der Waals surface area contributed by atoms with Crippen LogP contribution in [0.3, 0.4) is 0 Å². The summed E-state index contributed by atoms with van der Waals surface area (Å²) in [4.78, 5) is 0.0647. The molecule has 2 rings (SSSR count). The van der Waals surface area contributed by atoms with Crippen LogP contribution >= 0.6 is 11.6 Å². The summed E-state index contributed by atoms with van der Waals surface area (Å²) >= 11 is 5.87. The number of benzene rings is 1. The third-order valence-corrected chi connectivity index (χ3v) is 4.62. The second kappa shape index (κ2) is 5.38. The van der Waals surface area contributed by atoms with Crippen molar-refractivity contribution in [1.29, 1.82) is 0 Å². The van der Waals surface area contributed by atoms with E-state index in [1.807, 2.05) is 0 Å². The zero-order chi connectivity index (χ0) is 14.1. The highest BCUT2D eigenvalue weighted by Gasteiger charge is 2.33. The summed E-state index contributed by atoms with van der Waals surface area (Å²) < 4.78 is 37.5. The molecule has 1 N–H and O–H groups in total. The predicted molar refractivity (Wildman–Crippen MR) is 71.5 cm³/mol. The smallest absolute Gasteiger partial charge is 0.242 e. The molecule has 1 aliphatic rings. The topological polar surface area (TPSA) is 64.6 Å². The van der Waals surface area contributed by atoms with Crippen molar-refractivity contribution in [1.82, 2.24) is 4.72 Å². The first-order chi connectivity index (χ1) is 8.80. The Morgan fingerprint density at radius 2 is 2.11 bits per heavy atom. The Bertz CT molecular complexity index is 559. The van der Waals surface area contributed by atoms with E-state index in [0.717, 1.165) is 0 Å². The van der Waals surface area contributed by atoms with Crippen molar-refractivity contribution < 1.29 is 17.9 Å². The van der Waals surface area contributed by atoms with Gasteiger partial charge in [0.1, 0.15) is 4.90 Å². The van der Waals surface area contributed by atoms with Crippen LogP contribution in [0.1, 0.15) is 13.8 Å². The minimum Gasteiger partial charge on any atom is -0.348 e. The third-order valence-electron chi connectivity index (χ3n) is 2.69. The average molecular weight is 306 g/mol. The molecular weight excluding hydrogens is 290 g/mol. The van der Waals surface area contributed by atoms with Crippen LogP contribution in [0.4, 0.5) is 0 Å². The lowest BCUT2D eigenvalue weighted by molar-refractivity contribution is -0.137. The second-order valence-corrected chi connectivity index (χ2v) is 6.88. The molecule has 1 aromatic carbocycles. The van der Waals surface area contributed by atoms with Crippen LogP contribution in [-0.2, 0) is 19.5 Å². The fraction of sp³-hybridized carbons (Fsp3) is 0.500. The Labute approximate surface area is 117 Å². The predicted octanol–water partition coefficient (Wildman–Crippen LogP) is 1.77. The van der Waals surface area contributed by atoms with Gasteiger partial charge < -0.3 is 9.47 Å². The van der Waals surface area contributed by atoms with E-state index in [0.29, 0.717) is 6.61 Å². The van der Waals surface area contributed by atoms with E-state index in [1.165, 1.54) is 12.1 Å². The summed E-state index contributed by atoms with van der Waals surface area (Å²) in [6.07, 6.45) is -0.299. The third kappa shape index (κ3) is 3.67. The van der Waals surface area contributed by atoms with Crippen LogP contribution in [-0.4, -0.2) is 33.5 Å². The van der Waals surface area contributed by atoms with Gasteiger partial charge in [-0.05, 0) is 26.0 Å². The summed E-state index contributed by atoms with van der Waals surface area (Å²) in [5, 5.41) is 0.193. The molecule has 1 unspecified atom stereocenters. The van der Waals surface area contributed by atoms with Crippen molar-refractivity contribution >= 4 is 21.6 Å². The highest BCUT2D eigenvalue weighted by atomic mass is 35.5.